The highest BCUT2D eigenvalue weighted by Crippen LogP contribution is 2.39. The Morgan fingerprint density at radius 1 is 1.00 bits per heavy atom. The van der Waals surface area contributed by atoms with Crippen molar-refractivity contribution in [2.24, 2.45) is 0 Å². The molecule has 3 aromatic rings. The number of nitrogens with one attached hydrogen (secondary N) is 1. The van der Waals surface area contributed by atoms with Crippen LogP contribution < -0.4 is 15.0 Å². The topological polar surface area (TPSA) is 51.3 Å². The van der Waals surface area contributed by atoms with Crippen LogP contribution in [0, 0.1) is 0 Å². The number of aromatic amines is 1. The lowest BCUT2D eigenvalue weighted by Gasteiger charge is -2.04. The van der Waals surface area contributed by atoms with Crippen LogP contribution in [0.15, 0.2) is 41.3 Å². The zero-order valence-electron chi connectivity index (χ0n) is 9.40. The Morgan fingerprint density at radius 3 is 2.78 bits per heavy atom. The van der Waals surface area contributed by atoms with Gasteiger partial charge in [0.1, 0.15) is 0 Å². The van der Waals surface area contributed by atoms with E-state index in [4.69, 9.17) is 9.47 Å². The molecule has 18 heavy (non-hydrogen) atoms. The van der Waals surface area contributed by atoms with Gasteiger partial charge in [-0.25, -0.2) is 0 Å². The lowest BCUT2D eigenvalue weighted by Crippen LogP contribution is -2.04. The van der Waals surface area contributed by atoms with Gasteiger partial charge < -0.3 is 14.5 Å². The molecule has 0 aliphatic carbocycles. The number of aromatic nitrogens is 1. The predicted octanol–water partition coefficient (Wildman–Crippen LogP) is 2.41. The van der Waals surface area contributed by atoms with E-state index in [1.807, 2.05) is 30.3 Å². The highest BCUT2D eigenvalue weighted by atomic mass is 16.7. The first-order chi connectivity index (χ1) is 8.83. The molecule has 0 atom stereocenters. The molecule has 0 bridgehead atoms. The number of pyridine rings is 1. The van der Waals surface area contributed by atoms with Crippen molar-refractivity contribution in [3.63, 3.8) is 0 Å². The Bertz CT molecular complexity index is 835. The monoisotopic (exact) mass is 239 g/mol. The van der Waals surface area contributed by atoms with Crippen LogP contribution in [0.2, 0.25) is 0 Å². The van der Waals surface area contributed by atoms with Crippen molar-refractivity contribution in [3.05, 3.63) is 46.9 Å². The average molecular weight is 239 g/mol. The Balaban J connectivity index is 2.21. The molecular weight excluding hydrogens is 230 g/mol. The van der Waals surface area contributed by atoms with Crippen molar-refractivity contribution in [1.29, 1.82) is 0 Å². The zero-order valence-corrected chi connectivity index (χ0v) is 9.40. The van der Waals surface area contributed by atoms with Gasteiger partial charge in [-0.1, -0.05) is 6.07 Å². The number of hydrogen-bond acceptors (Lipinski definition) is 3. The molecule has 0 fully saturated rings. The van der Waals surface area contributed by atoms with E-state index in [1.54, 1.807) is 6.20 Å². The molecule has 4 rings (SSSR count). The number of ether oxygens (including phenoxy) is 2. The van der Waals surface area contributed by atoms with Crippen LogP contribution in [-0.4, -0.2) is 11.8 Å². The van der Waals surface area contributed by atoms with Gasteiger partial charge >= 0.3 is 0 Å². The summed E-state index contributed by atoms with van der Waals surface area (Å²) in [5.41, 5.74) is -0.0768. The molecule has 0 unspecified atom stereocenters. The van der Waals surface area contributed by atoms with E-state index in [9.17, 15) is 4.79 Å². The number of rotatable bonds is 0. The molecule has 2 aromatic carbocycles. The van der Waals surface area contributed by atoms with Gasteiger partial charge in [-0.2, -0.15) is 0 Å². The molecule has 0 amide bonds. The van der Waals surface area contributed by atoms with Crippen molar-refractivity contribution >= 4 is 21.5 Å². The Labute approximate surface area is 102 Å². The van der Waals surface area contributed by atoms with E-state index in [1.165, 1.54) is 0 Å². The van der Waals surface area contributed by atoms with Crippen molar-refractivity contribution in [3.8, 4) is 11.5 Å². The van der Waals surface area contributed by atoms with E-state index in [0.29, 0.717) is 5.39 Å². The second-order valence-corrected chi connectivity index (χ2v) is 4.27. The summed E-state index contributed by atoms with van der Waals surface area (Å²) in [5, 5.41) is 3.53. The van der Waals surface area contributed by atoms with Gasteiger partial charge in [0.15, 0.2) is 11.5 Å². The number of fused-ring (bicyclic) bond motifs is 4. The Kier molecular flexibility index (Phi) is 1.73. The fourth-order valence-electron chi connectivity index (χ4n) is 2.38. The van der Waals surface area contributed by atoms with Crippen molar-refractivity contribution in [1.82, 2.24) is 4.98 Å². The first-order valence-corrected chi connectivity index (χ1v) is 5.67. The third-order valence-corrected chi connectivity index (χ3v) is 3.24. The summed E-state index contributed by atoms with van der Waals surface area (Å²) in [6.45, 7) is 0.252. The number of H-pyrrole nitrogens is 1. The molecule has 0 saturated carbocycles. The minimum atomic E-state index is -0.0768. The summed E-state index contributed by atoms with van der Waals surface area (Å²) < 4.78 is 10.8. The SMILES string of the molecule is O=c1[nH]ccc2cc3c4c(ccc3cc12)OCO4. The van der Waals surface area contributed by atoms with Crippen LogP contribution in [-0.2, 0) is 0 Å². The largest absolute Gasteiger partial charge is 0.454 e. The molecular formula is C14H9NO3. The van der Waals surface area contributed by atoms with Crippen molar-refractivity contribution in [2.75, 3.05) is 6.79 Å². The molecule has 1 aliphatic heterocycles. The standard InChI is InChI=1S/C14H9NO3/c16-14-11-6-8-1-2-12-13(18-7-17-12)10(8)5-9(11)3-4-15-14/h1-6H,7H2,(H,15,16). The highest BCUT2D eigenvalue weighted by Gasteiger charge is 2.17. The molecule has 0 radical (unpaired) electrons. The fourth-order valence-corrected chi connectivity index (χ4v) is 2.38. The fraction of sp³-hybridized carbons (Fsp3) is 0.0714. The molecule has 0 spiro atoms. The van der Waals surface area contributed by atoms with Gasteiger partial charge in [0, 0.05) is 17.0 Å². The normalized spacial score (nSPS) is 13.3. The van der Waals surface area contributed by atoms with Gasteiger partial charge in [-0.15, -0.1) is 0 Å². The van der Waals surface area contributed by atoms with E-state index in [-0.39, 0.29) is 12.4 Å². The second-order valence-electron chi connectivity index (χ2n) is 4.27. The van der Waals surface area contributed by atoms with Gasteiger partial charge in [-0.05, 0) is 35.0 Å². The van der Waals surface area contributed by atoms with E-state index in [0.717, 1.165) is 27.7 Å². The predicted molar refractivity (Wildman–Crippen MR) is 68.2 cm³/mol. The molecule has 1 aromatic heterocycles. The van der Waals surface area contributed by atoms with Crippen LogP contribution in [0.1, 0.15) is 0 Å². The van der Waals surface area contributed by atoms with E-state index < -0.39 is 0 Å². The molecule has 88 valence electrons. The lowest BCUT2D eigenvalue weighted by atomic mass is 10.0. The molecule has 4 nitrogen and oxygen atoms in total. The highest BCUT2D eigenvalue weighted by molar-refractivity contribution is 6.01. The van der Waals surface area contributed by atoms with E-state index >= 15 is 0 Å². The molecule has 4 heteroatoms. The van der Waals surface area contributed by atoms with Crippen LogP contribution in [0.5, 0.6) is 11.5 Å². The quantitative estimate of drug-likeness (QED) is 0.613. The van der Waals surface area contributed by atoms with Crippen LogP contribution in [0.4, 0.5) is 0 Å². The summed E-state index contributed by atoms with van der Waals surface area (Å²) in [7, 11) is 0. The van der Waals surface area contributed by atoms with Gasteiger partial charge in [0.05, 0.1) is 0 Å². The number of hydrogen-bond donors (Lipinski definition) is 1. The third-order valence-electron chi connectivity index (χ3n) is 3.24. The lowest BCUT2D eigenvalue weighted by molar-refractivity contribution is 0.175. The zero-order chi connectivity index (χ0) is 12.1. The van der Waals surface area contributed by atoms with Gasteiger partial charge in [0.25, 0.3) is 5.56 Å². The van der Waals surface area contributed by atoms with Crippen molar-refractivity contribution < 1.29 is 9.47 Å². The van der Waals surface area contributed by atoms with Gasteiger partial charge in [0.2, 0.25) is 6.79 Å². The first-order valence-electron chi connectivity index (χ1n) is 5.67. The summed E-state index contributed by atoms with van der Waals surface area (Å²) in [6, 6.07) is 9.53. The summed E-state index contributed by atoms with van der Waals surface area (Å²) >= 11 is 0. The van der Waals surface area contributed by atoms with E-state index in [2.05, 4.69) is 4.98 Å². The molecule has 0 saturated heterocycles. The minimum Gasteiger partial charge on any atom is -0.454 e. The molecule has 1 aliphatic rings. The Hall–Kier alpha value is -2.49. The maximum absolute atomic E-state index is 11.7. The van der Waals surface area contributed by atoms with Crippen LogP contribution in [0.3, 0.4) is 0 Å². The molecule has 1 N–H and O–H groups in total. The second kappa shape index (κ2) is 3.26. The van der Waals surface area contributed by atoms with Crippen molar-refractivity contribution in [2.45, 2.75) is 0 Å². The average Bonchev–Trinajstić information content (AvgIpc) is 2.86. The third kappa shape index (κ3) is 1.17. The minimum absolute atomic E-state index is 0.0768. The number of benzene rings is 2. The maximum Gasteiger partial charge on any atom is 0.255 e. The summed E-state index contributed by atoms with van der Waals surface area (Å²) in [5.74, 6) is 1.52. The van der Waals surface area contributed by atoms with Gasteiger partial charge in [-0.3, -0.25) is 4.79 Å². The smallest absolute Gasteiger partial charge is 0.255 e. The Morgan fingerprint density at radius 2 is 1.83 bits per heavy atom. The molecule has 2 heterocycles. The summed E-state index contributed by atoms with van der Waals surface area (Å²) in [4.78, 5) is 14.4. The first kappa shape index (κ1) is 9.53. The van der Waals surface area contributed by atoms with Crippen LogP contribution in [0.25, 0.3) is 21.5 Å². The maximum atomic E-state index is 11.7. The summed E-state index contributed by atoms with van der Waals surface area (Å²) in [6.07, 6.45) is 1.65. The van der Waals surface area contributed by atoms with Crippen LogP contribution >= 0.6 is 0 Å².